The normalized spacial score (nSPS) is 14.8. The van der Waals surface area contributed by atoms with Crippen LogP contribution in [0.5, 0.6) is 0 Å². The third kappa shape index (κ3) is 58.1. The van der Waals surface area contributed by atoms with E-state index in [0.29, 0.717) is 23.9 Å². The van der Waals surface area contributed by atoms with E-state index in [-0.39, 0.29) is 25.4 Å². The number of unbranched alkanes of at least 4 members (excludes halogenated alkanes) is 13. The minimum absolute atomic E-state index is 0.0479. The summed E-state index contributed by atoms with van der Waals surface area (Å²) in [5, 5.41) is 2.98. The van der Waals surface area contributed by atoms with E-state index in [4.69, 9.17) is 13.8 Å². The Bertz CT molecular complexity index is 1910. The number of nitrogens with zero attached hydrogens (tertiary/aromatic N) is 1. The maximum Gasteiger partial charge on any atom is 0.306 e. The fourth-order valence-corrected chi connectivity index (χ4v) is 8.48. The summed E-state index contributed by atoms with van der Waals surface area (Å²) in [7, 11) is 1.10. The number of likely N-dealkylation sites (N-methyl/N-ethyl adjacent to an activating group) is 1. The van der Waals surface area contributed by atoms with Gasteiger partial charge in [-0.1, -0.05) is 224 Å². The summed E-state index contributed by atoms with van der Waals surface area (Å²) < 4.78 is 30.2. The van der Waals surface area contributed by atoms with E-state index in [0.717, 1.165) is 122 Å². The molecule has 0 aliphatic rings. The van der Waals surface area contributed by atoms with Gasteiger partial charge in [0, 0.05) is 12.8 Å². The van der Waals surface area contributed by atoms with Gasteiger partial charge in [0.1, 0.15) is 19.3 Å². The number of allylic oxidation sites excluding steroid dienone is 25. The molecule has 0 radical (unpaired) electrons. The Kier molecular flexibility index (Phi) is 53.7. The third-order valence-electron chi connectivity index (χ3n) is 12.5. The Hall–Kier alpha value is -4.37. The van der Waals surface area contributed by atoms with E-state index in [9.17, 15) is 19.0 Å². The summed E-state index contributed by atoms with van der Waals surface area (Å²) in [6, 6.07) is -0.942. The summed E-state index contributed by atoms with van der Waals surface area (Å²) in [4.78, 5) is 40.0. The van der Waals surface area contributed by atoms with Gasteiger partial charge in [0.2, 0.25) is 5.91 Å². The molecule has 0 aliphatic heterocycles. The number of hydrogen-bond acceptors (Lipinski definition) is 7. The molecule has 79 heavy (non-hydrogen) atoms. The van der Waals surface area contributed by atoms with E-state index >= 15 is 0 Å². The number of phosphoric ester groups is 1. The van der Waals surface area contributed by atoms with E-state index in [2.05, 4.69) is 172 Å². The average Bonchev–Trinajstić information content (AvgIpc) is 3.41. The first-order valence-electron chi connectivity index (χ1n) is 30.8. The van der Waals surface area contributed by atoms with Crippen LogP contribution in [-0.4, -0.2) is 69.4 Å². The van der Waals surface area contributed by atoms with Crippen molar-refractivity contribution in [1.82, 2.24) is 5.32 Å². The number of esters is 1. The number of quaternary nitrogens is 1. The van der Waals surface area contributed by atoms with Crippen LogP contribution in [0.3, 0.4) is 0 Å². The van der Waals surface area contributed by atoms with E-state index in [1.54, 1.807) is 6.08 Å². The molecular formula is C69H113N2O7P. The molecule has 9 nitrogen and oxygen atoms in total. The van der Waals surface area contributed by atoms with Crippen LogP contribution < -0.4 is 10.2 Å². The highest BCUT2D eigenvalue weighted by molar-refractivity contribution is 7.45. The largest absolute Gasteiger partial charge is 0.756 e. The SMILES string of the molecule is CC/C=C\C/C=C\C/C=C\C/C=C\C/C=C\C/C=C\CCCCC(=O)NC(COP(=O)([O-])OCC[N+](C)(C)C)C(/C=C/CCCCCCCCCCC)OC(=O)CCCC/C=C\C/C=C\C/C=C\C/C=C\C/C=C\C/C=C\CC. The molecular weight excluding hydrogens is 1000 g/mol. The lowest BCUT2D eigenvalue weighted by Gasteiger charge is -2.30. The molecule has 3 atom stereocenters. The quantitative estimate of drug-likeness (QED) is 0.0212. The van der Waals surface area contributed by atoms with Gasteiger partial charge < -0.3 is 28.5 Å². The van der Waals surface area contributed by atoms with Crippen molar-refractivity contribution in [3.8, 4) is 0 Å². The second-order valence-electron chi connectivity index (χ2n) is 21.1. The lowest BCUT2D eigenvalue weighted by atomic mass is 10.1. The Balaban J connectivity index is 5.41. The summed E-state index contributed by atoms with van der Waals surface area (Å²) in [6.07, 6.45) is 83.6. The third-order valence-corrected chi connectivity index (χ3v) is 13.4. The molecule has 446 valence electrons. The number of carbonyl (C=O) groups is 2. The second kappa shape index (κ2) is 56.9. The molecule has 1 amide bonds. The van der Waals surface area contributed by atoms with Crippen LogP contribution in [0.1, 0.15) is 213 Å². The van der Waals surface area contributed by atoms with Crippen LogP contribution in [0.4, 0.5) is 0 Å². The summed E-state index contributed by atoms with van der Waals surface area (Å²) in [6.45, 7) is 6.51. The Labute approximate surface area is 484 Å². The molecule has 0 aromatic carbocycles. The average molecular weight is 1110 g/mol. The van der Waals surface area contributed by atoms with Crippen LogP contribution >= 0.6 is 7.82 Å². The van der Waals surface area contributed by atoms with Crippen LogP contribution in [0.25, 0.3) is 0 Å². The van der Waals surface area contributed by atoms with Crippen LogP contribution in [0.2, 0.25) is 0 Å². The zero-order chi connectivity index (χ0) is 57.9. The van der Waals surface area contributed by atoms with Crippen LogP contribution in [0.15, 0.2) is 158 Å². The minimum Gasteiger partial charge on any atom is -0.756 e. The Morgan fingerprint density at radius 2 is 0.810 bits per heavy atom. The molecule has 0 aliphatic carbocycles. The minimum atomic E-state index is -4.73. The maximum absolute atomic E-state index is 13.5. The molecule has 0 rings (SSSR count). The van der Waals surface area contributed by atoms with Crippen molar-refractivity contribution in [1.29, 1.82) is 0 Å². The highest BCUT2D eigenvalue weighted by atomic mass is 31.2. The number of hydrogen-bond donors (Lipinski definition) is 1. The van der Waals surface area contributed by atoms with Crippen molar-refractivity contribution in [2.45, 2.75) is 226 Å². The molecule has 0 saturated heterocycles. The molecule has 0 bridgehead atoms. The maximum atomic E-state index is 13.5. The van der Waals surface area contributed by atoms with Gasteiger partial charge in [0.05, 0.1) is 33.8 Å². The van der Waals surface area contributed by atoms with Crippen molar-refractivity contribution >= 4 is 19.7 Å². The lowest BCUT2D eigenvalue weighted by molar-refractivity contribution is -0.870. The molecule has 0 heterocycles. The fourth-order valence-electron chi connectivity index (χ4n) is 7.76. The van der Waals surface area contributed by atoms with Crippen molar-refractivity contribution < 1.29 is 37.3 Å². The number of carbonyl (C=O) groups excluding carboxylic acids is 2. The first-order chi connectivity index (χ1) is 38.4. The van der Waals surface area contributed by atoms with Gasteiger partial charge in [0.25, 0.3) is 7.82 Å². The first kappa shape index (κ1) is 74.6. The summed E-state index contributed by atoms with van der Waals surface area (Å²) >= 11 is 0. The molecule has 0 aromatic rings. The molecule has 1 N–H and O–H groups in total. The molecule has 0 saturated carbocycles. The number of amides is 1. The van der Waals surface area contributed by atoms with Gasteiger partial charge in [-0.2, -0.15) is 0 Å². The molecule has 0 aromatic heterocycles. The van der Waals surface area contributed by atoms with Gasteiger partial charge in [-0.15, -0.1) is 0 Å². The second-order valence-corrected chi connectivity index (χ2v) is 22.5. The Morgan fingerprint density at radius 1 is 0.456 bits per heavy atom. The first-order valence-corrected chi connectivity index (χ1v) is 32.3. The number of ether oxygens (including phenoxy) is 1. The van der Waals surface area contributed by atoms with Crippen LogP contribution in [-0.2, 0) is 27.9 Å². The van der Waals surface area contributed by atoms with E-state index in [1.165, 1.54) is 44.9 Å². The number of rotatable bonds is 53. The predicted octanol–water partition coefficient (Wildman–Crippen LogP) is 18.6. The van der Waals surface area contributed by atoms with Gasteiger partial charge in [-0.3, -0.25) is 14.2 Å². The molecule has 10 heteroatoms. The van der Waals surface area contributed by atoms with E-state index in [1.807, 2.05) is 27.2 Å². The predicted molar refractivity (Wildman–Crippen MR) is 339 cm³/mol. The fraction of sp³-hybridized carbons (Fsp3) is 0.594. The smallest absolute Gasteiger partial charge is 0.306 e. The van der Waals surface area contributed by atoms with Crippen molar-refractivity contribution in [3.63, 3.8) is 0 Å². The van der Waals surface area contributed by atoms with Crippen LogP contribution in [0, 0.1) is 0 Å². The van der Waals surface area contributed by atoms with Crippen molar-refractivity contribution in [3.05, 3.63) is 158 Å². The molecule has 3 unspecified atom stereocenters. The highest BCUT2D eigenvalue weighted by Gasteiger charge is 2.27. The zero-order valence-corrected chi connectivity index (χ0v) is 51.6. The van der Waals surface area contributed by atoms with E-state index < -0.39 is 32.5 Å². The molecule has 0 spiro atoms. The van der Waals surface area contributed by atoms with Gasteiger partial charge in [-0.05, 0) is 134 Å². The standard InChI is InChI=1S/C69H113N2O7P/c1-7-10-13-16-19-22-25-27-29-31-33-35-37-39-41-43-46-49-52-55-58-61-68(72)70-66(65-77-79(74,75)76-64-63-71(4,5)6)67(60-57-54-51-48-45-24-21-18-15-12-9-3)78-69(73)62-59-56-53-50-47-44-42-40-38-36-34-32-30-28-26-23-20-17-14-11-8-2/h10-11,13-14,19-20,22-23,27-30,33-36,39-42,46-47,49-50,57,60,66-67H,7-9,12,15-18,21,24-26,31-32,37-38,43-45,48,51-56,58-59,61-65H2,1-6H3,(H-,70,72,74,75)/b13-10-,14-11-,22-19-,23-20-,29-27-,30-28-,35-33-,36-34-,41-39-,42-40-,49-46-,50-47-,60-57+. The number of phosphoric acid groups is 1. The summed E-state index contributed by atoms with van der Waals surface area (Å²) in [5.74, 6) is -0.659. The highest BCUT2D eigenvalue weighted by Crippen LogP contribution is 2.38. The zero-order valence-electron chi connectivity index (χ0n) is 50.8. The van der Waals surface area contributed by atoms with Gasteiger partial charge in [-0.25, -0.2) is 0 Å². The van der Waals surface area contributed by atoms with Crippen molar-refractivity contribution in [2.24, 2.45) is 0 Å². The molecule has 0 fully saturated rings. The monoisotopic (exact) mass is 1110 g/mol. The van der Waals surface area contributed by atoms with Gasteiger partial charge >= 0.3 is 5.97 Å². The van der Waals surface area contributed by atoms with Gasteiger partial charge in [0.15, 0.2) is 0 Å². The topological polar surface area (TPSA) is 114 Å². The van der Waals surface area contributed by atoms with Crippen molar-refractivity contribution in [2.75, 3.05) is 40.9 Å². The Morgan fingerprint density at radius 3 is 1.22 bits per heavy atom. The summed E-state index contributed by atoms with van der Waals surface area (Å²) in [5.41, 5.74) is 0. The lowest BCUT2D eigenvalue weighted by Crippen LogP contribution is -2.47. The number of nitrogens with one attached hydrogen (secondary N) is 1.